The minimum Gasteiger partial charge on any atom is -0.308 e. The molecule has 0 amide bonds. The maximum absolute atomic E-state index is 12.9. The molecule has 0 spiro atoms. The van der Waals surface area contributed by atoms with Crippen molar-refractivity contribution in [2.75, 3.05) is 0 Å². The molecule has 5 nitrogen and oxygen atoms in total. The number of aromatic nitrogens is 3. The number of nitrogens with zero attached hydrogens (tertiary/aromatic N) is 4. The van der Waals surface area contributed by atoms with Crippen LogP contribution in [-0.4, -0.2) is 20.5 Å². The van der Waals surface area contributed by atoms with Gasteiger partial charge in [-0.2, -0.15) is 5.10 Å². The van der Waals surface area contributed by atoms with Crippen LogP contribution < -0.4 is 0 Å². The van der Waals surface area contributed by atoms with Crippen LogP contribution in [0.1, 0.15) is 31.5 Å². The van der Waals surface area contributed by atoms with Crippen LogP contribution in [-0.2, 0) is 16.6 Å². The number of hydrogen-bond acceptors (Lipinski definition) is 3. The van der Waals surface area contributed by atoms with Crippen molar-refractivity contribution in [3.63, 3.8) is 0 Å². The molecule has 0 fully saturated rings. The Morgan fingerprint density at radius 3 is 2.65 bits per heavy atom. The Kier molecular flexibility index (Phi) is 4.53. The molecule has 5 heteroatoms. The SMILES string of the molecule is [C-]#[N+]C1=C[C@@]2(C)c3c(c(-c4ccccc4)nn3-c3ccnc4ccccc34)CC[C@@H]2[C@@H](C)C1=O. The zero-order valence-electron chi connectivity index (χ0n) is 19.2. The number of ketones is 1. The van der Waals surface area contributed by atoms with Gasteiger partial charge in [0.25, 0.3) is 0 Å². The first-order valence-electron chi connectivity index (χ1n) is 11.7. The molecule has 166 valence electrons. The second-order valence-corrected chi connectivity index (χ2v) is 9.52. The first-order chi connectivity index (χ1) is 16.5. The summed E-state index contributed by atoms with van der Waals surface area (Å²) in [5.74, 6) is -0.125. The zero-order chi connectivity index (χ0) is 23.4. The van der Waals surface area contributed by atoms with Crippen LogP contribution in [0.25, 0.3) is 32.7 Å². The molecule has 2 aromatic heterocycles. The van der Waals surface area contributed by atoms with E-state index in [0.717, 1.165) is 46.4 Å². The van der Waals surface area contributed by atoms with Gasteiger partial charge >= 0.3 is 0 Å². The van der Waals surface area contributed by atoms with Gasteiger partial charge in [-0.1, -0.05) is 68.5 Å². The van der Waals surface area contributed by atoms with E-state index in [0.29, 0.717) is 0 Å². The van der Waals surface area contributed by atoms with Crippen LogP contribution in [0, 0.1) is 18.4 Å². The van der Waals surface area contributed by atoms with Crippen molar-refractivity contribution in [2.24, 2.45) is 11.8 Å². The van der Waals surface area contributed by atoms with E-state index in [4.69, 9.17) is 11.7 Å². The lowest BCUT2D eigenvalue weighted by Gasteiger charge is -2.45. The highest BCUT2D eigenvalue weighted by atomic mass is 16.1. The summed E-state index contributed by atoms with van der Waals surface area (Å²) in [7, 11) is 0. The number of rotatable bonds is 2. The molecule has 0 saturated carbocycles. The Morgan fingerprint density at radius 1 is 1.09 bits per heavy atom. The summed E-state index contributed by atoms with van der Waals surface area (Å²) in [5, 5.41) is 6.23. The van der Waals surface area contributed by atoms with Crippen molar-refractivity contribution in [1.29, 1.82) is 0 Å². The maximum Gasteiger partial charge on any atom is 0.226 e. The van der Waals surface area contributed by atoms with Crippen LogP contribution in [0.3, 0.4) is 0 Å². The molecule has 2 aliphatic rings. The Morgan fingerprint density at radius 2 is 1.85 bits per heavy atom. The van der Waals surface area contributed by atoms with E-state index in [1.807, 2.05) is 61.7 Å². The van der Waals surface area contributed by atoms with Crippen LogP contribution >= 0.6 is 0 Å². The number of fused-ring (bicyclic) bond motifs is 4. The molecule has 3 atom stereocenters. The fraction of sp³-hybridized carbons (Fsp3) is 0.241. The second-order valence-electron chi connectivity index (χ2n) is 9.52. The van der Waals surface area contributed by atoms with Gasteiger partial charge in [0.1, 0.15) is 0 Å². The Balaban J connectivity index is 1.71. The third-order valence-corrected chi connectivity index (χ3v) is 7.70. The fourth-order valence-corrected chi connectivity index (χ4v) is 6.09. The van der Waals surface area contributed by atoms with Crippen molar-refractivity contribution >= 4 is 16.7 Å². The second kappa shape index (κ2) is 7.50. The molecule has 2 aliphatic carbocycles. The van der Waals surface area contributed by atoms with Gasteiger partial charge in [0.15, 0.2) is 5.78 Å². The van der Waals surface area contributed by atoms with Gasteiger partial charge in [0, 0.05) is 34.0 Å². The number of carbonyl (C=O) groups is 1. The number of carbonyl (C=O) groups excluding carboxylic acids is 1. The lowest BCUT2D eigenvalue weighted by atomic mass is 9.58. The molecule has 2 aromatic carbocycles. The van der Waals surface area contributed by atoms with Gasteiger partial charge in [0.2, 0.25) is 5.70 Å². The van der Waals surface area contributed by atoms with Crippen LogP contribution in [0.5, 0.6) is 0 Å². The van der Waals surface area contributed by atoms with E-state index in [-0.39, 0.29) is 23.3 Å². The number of pyridine rings is 1. The highest BCUT2D eigenvalue weighted by Crippen LogP contribution is 2.52. The standard InChI is InChI=1S/C29H24N4O/c1-18-22-14-13-21-26(19-9-5-4-6-10-19)32-33(25-15-16-31-23-12-8-7-11-20(23)25)28(21)29(22,2)17-24(30-3)27(18)34/h4-12,15-18,22H,13-14H2,1-2H3/t18-,22-,29-/m1/s1. The summed E-state index contributed by atoms with van der Waals surface area (Å²) in [4.78, 5) is 21.1. The van der Waals surface area contributed by atoms with Gasteiger partial charge in [-0.3, -0.25) is 4.98 Å². The summed E-state index contributed by atoms with van der Waals surface area (Å²) in [6.07, 6.45) is 5.48. The maximum atomic E-state index is 12.9. The third-order valence-electron chi connectivity index (χ3n) is 7.70. The Bertz CT molecular complexity index is 1520. The molecular formula is C29H24N4O. The van der Waals surface area contributed by atoms with Gasteiger partial charge in [0.05, 0.1) is 29.2 Å². The quantitative estimate of drug-likeness (QED) is 0.360. The van der Waals surface area contributed by atoms with E-state index in [2.05, 4.69) is 39.6 Å². The minimum atomic E-state index is -0.481. The van der Waals surface area contributed by atoms with Crippen molar-refractivity contribution in [1.82, 2.24) is 14.8 Å². The molecule has 6 rings (SSSR count). The number of para-hydroxylation sites is 1. The topological polar surface area (TPSA) is 52.1 Å². The lowest BCUT2D eigenvalue weighted by Crippen LogP contribution is -2.46. The van der Waals surface area contributed by atoms with Gasteiger partial charge < -0.3 is 4.79 Å². The van der Waals surface area contributed by atoms with Crippen molar-refractivity contribution in [3.05, 3.63) is 101 Å². The first kappa shape index (κ1) is 20.6. The monoisotopic (exact) mass is 444 g/mol. The molecule has 0 saturated heterocycles. The van der Waals surface area contributed by atoms with Gasteiger partial charge in [-0.05, 0) is 30.9 Å². The molecule has 2 heterocycles. The van der Waals surface area contributed by atoms with Crippen molar-refractivity contribution < 1.29 is 4.79 Å². The molecule has 0 unspecified atom stereocenters. The highest BCUT2D eigenvalue weighted by molar-refractivity contribution is 6.00. The summed E-state index contributed by atoms with van der Waals surface area (Å²) < 4.78 is 2.06. The molecule has 34 heavy (non-hydrogen) atoms. The largest absolute Gasteiger partial charge is 0.308 e. The number of benzene rings is 2. The summed E-state index contributed by atoms with van der Waals surface area (Å²) in [5.41, 5.74) is 5.97. The van der Waals surface area contributed by atoms with Crippen LogP contribution in [0.2, 0.25) is 0 Å². The lowest BCUT2D eigenvalue weighted by molar-refractivity contribution is -0.121. The van der Waals surface area contributed by atoms with E-state index < -0.39 is 5.41 Å². The molecule has 0 radical (unpaired) electrons. The number of hydrogen-bond donors (Lipinski definition) is 0. The predicted molar refractivity (Wildman–Crippen MR) is 132 cm³/mol. The van der Waals surface area contributed by atoms with E-state index >= 15 is 0 Å². The molecule has 0 bridgehead atoms. The summed E-state index contributed by atoms with van der Waals surface area (Å²) in [6.45, 7) is 11.8. The minimum absolute atomic E-state index is 0.0374. The summed E-state index contributed by atoms with van der Waals surface area (Å²) >= 11 is 0. The van der Waals surface area contributed by atoms with Gasteiger partial charge in [-0.25, -0.2) is 9.53 Å². The Hall–Kier alpha value is -4.04. The van der Waals surface area contributed by atoms with E-state index in [1.165, 1.54) is 5.56 Å². The van der Waals surface area contributed by atoms with E-state index in [1.54, 1.807) is 0 Å². The third kappa shape index (κ3) is 2.82. The van der Waals surface area contributed by atoms with Crippen molar-refractivity contribution in [2.45, 2.75) is 32.1 Å². The first-order valence-corrected chi connectivity index (χ1v) is 11.7. The fourth-order valence-electron chi connectivity index (χ4n) is 6.09. The number of allylic oxidation sites excluding steroid dienone is 2. The van der Waals surface area contributed by atoms with Crippen LogP contribution in [0.15, 0.2) is 78.6 Å². The van der Waals surface area contributed by atoms with E-state index in [9.17, 15) is 4.79 Å². The molecular weight excluding hydrogens is 420 g/mol. The average molecular weight is 445 g/mol. The highest BCUT2D eigenvalue weighted by Gasteiger charge is 2.50. The Labute approximate surface area is 198 Å². The predicted octanol–water partition coefficient (Wildman–Crippen LogP) is 5.93. The normalized spacial score (nSPS) is 23.7. The molecule has 0 N–H and O–H groups in total. The number of Topliss-reactive ketones (excluding diaryl/α,β-unsaturated/α-hetero) is 1. The van der Waals surface area contributed by atoms with Crippen molar-refractivity contribution in [3.8, 4) is 16.9 Å². The average Bonchev–Trinajstić information content (AvgIpc) is 3.27. The molecule has 4 aromatic rings. The van der Waals surface area contributed by atoms with Gasteiger partial charge in [-0.15, -0.1) is 0 Å². The smallest absolute Gasteiger partial charge is 0.226 e. The summed E-state index contributed by atoms with van der Waals surface area (Å²) in [6, 6.07) is 20.4. The van der Waals surface area contributed by atoms with Crippen LogP contribution in [0.4, 0.5) is 0 Å². The zero-order valence-corrected chi connectivity index (χ0v) is 19.2. The molecule has 0 aliphatic heterocycles.